The van der Waals surface area contributed by atoms with Gasteiger partial charge >= 0.3 is 5.69 Å². The lowest BCUT2D eigenvalue weighted by Crippen LogP contribution is -2.38. The zero-order valence-corrected chi connectivity index (χ0v) is 10.9. The Balaban J connectivity index is 2.08. The largest absolute Gasteiger partial charge is 0.490 e. The van der Waals surface area contributed by atoms with E-state index in [4.69, 9.17) is 9.47 Å². The summed E-state index contributed by atoms with van der Waals surface area (Å²) in [7, 11) is 1.41. The van der Waals surface area contributed by atoms with Gasteiger partial charge in [0.15, 0.2) is 0 Å². The topological polar surface area (TPSA) is 73.6 Å². The molecule has 0 spiro atoms. The molecule has 1 aliphatic heterocycles. The molecule has 1 unspecified atom stereocenters. The highest BCUT2D eigenvalue weighted by Crippen LogP contribution is 2.36. The lowest BCUT2D eigenvalue weighted by molar-refractivity contribution is -0.386. The molecular weight excluding hydrogens is 248 g/mol. The predicted octanol–water partition coefficient (Wildman–Crippen LogP) is 2.12. The van der Waals surface area contributed by atoms with E-state index in [0.717, 1.165) is 13.0 Å². The third-order valence-electron chi connectivity index (χ3n) is 3.22. The van der Waals surface area contributed by atoms with Crippen molar-refractivity contribution in [2.45, 2.75) is 25.3 Å². The Hall–Kier alpha value is -1.82. The molecule has 104 valence electrons. The minimum Gasteiger partial charge on any atom is -0.490 e. The number of hydrogen-bond acceptors (Lipinski definition) is 5. The van der Waals surface area contributed by atoms with E-state index in [9.17, 15) is 10.1 Å². The number of ether oxygens (including phenoxy) is 2. The molecule has 0 saturated carbocycles. The van der Waals surface area contributed by atoms with Gasteiger partial charge in [0.05, 0.1) is 12.0 Å². The SMILES string of the molecule is COc1cccc(OCC2CCCCN2)c1[N+](=O)[O-]. The minimum absolute atomic E-state index is 0.110. The van der Waals surface area contributed by atoms with Crippen molar-refractivity contribution >= 4 is 5.69 Å². The van der Waals surface area contributed by atoms with Gasteiger partial charge in [-0.2, -0.15) is 0 Å². The van der Waals surface area contributed by atoms with Gasteiger partial charge in [0.1, 0.15) is 6.61 Å². The number of piperidine rings is 1. The standard InChI is InChI=1S/C13H18N2O4/c1-18-11-6-4-7-12(13(11)15(16)17)19-9-10-5-2-3-8-14-10/h4,6-7,10,14H,2-3,5,8-9H2,1H3. The van der Waals surface area contributed by atoms with Crippen molar-refractivity contribution in [2.75, 3.05) is 20.3 Å². The van der Waals surface area contributed by atoms with Gasteiger partial charge in [-0.05, 0) is 31.5 Å². The van der Waals surface area contributed by atoms with Gasteiger partial charge in [-0.15, -0.1) is 0 Å². The molecule has 1 saturated heterocycles. The number of hydrogen-bond donors (Lipinski definition) is 1. The van der Waals surface area contributed by atoms with Crippen LogP contribution in [0.2, 0.25) is 0 Å². The van der Waals surface area contributed by atoms with Crippen LogP contribution in [0, 0.1) is 10.1 Å². The van der Waals surface area contributed by atoms with Crippen molar-refractivity contribution in [3.05, 3.63) is 28.3 Å². The first-order valence-electron chi connectivity index (χ1n) is 6.40. The monoisotopic (exact) mass is 266 g/mol. The molecule has 1 fully saturated rings. The van der Waals surface area contributed by atoms with Gasteiger partial charge in [-0.25, -0.2) is 0 Å². The first kappa shape index (κ1) is 13.6. The first-order chi connectivity index (χ1) is 9.22. The van der Waals surface area contributed by atoms with E-state index in [2.05, 4.69) is 5.32 Å². The molecule has 0 bridgehead atoms. The van der Waals surface area contributed by atoms with Crippen LogP contribution in [0.1, 0.15) is 19.3 Å². The maximum absolute atomic E-state index is 11.1. The molecule has 1 atom stereocenters. The molecule has 6 nitrogen and oxygen atoms in total. The average molecular weight is 266 g/mol. The first-order valence-corrected chi connectivity index (χ1v) is 6.40. The summed E-state index contributed by atoms with van der Waals surface area (Å²) in [6.45, 7) is 1.42. The van der Waals surface area contributed by atoms with E-state index in [1.54, 1.807) is 18.2 Å². The molecule has 6 heteroatoms. The Morgan fingerprint density at radius 2 is 2.21 bits per heavy atom. The van der Waals surface area contributed by atoms with Crippen LogP contribution in [0.4, 0.5) is 5.69 Å². The molecule has 19 heavy (non-hydrogen) atoms. The number of nitro groups is 1. The number of nitrogens with zero attached hydrogens (tertiary/aromatic N) is 1. The zero-order chi connectivity index (χ0) is 13.7. The molecule has 1 heterocycles. The second kappa shape index (κ2) is 6.38. The Kier molecular flexibility index (Phi) is 4.57. The van der Waals surface area contributed by atoms with Crippen LogP contribution in [0.5, 0.6) is 11.5 Å². The molecule has 2 rings (SSSR count). The zero-order valence-electron chi connectivity index (χ0n) is 10.9. The van der Waals surface area contributed by atoms with E-state index < -0.39 is 4.92 Å². The summed E-state index contributed by atoms with van der Waals surface area (Å²) in [6, 6.07) is 5.11. The van der Waals surface area contributed by atoms with Gasteiger partial charge in [0.25, 0.3) is 0 Å². The van der Waals surface area contributed by atoms with E-state index in [1.807, 2.05) is 0 Å². The molecule has 1 aromatic rings. The summed E-state index contributed by atoms with van der Waals surface area (Å²) in [5.74, 6) is 0.482. The molecule has 0 amide bonds. The summed E-state index contributed by atoms with van der Waals surface area (Å²) in [6.07, 6.45) is 3.38. The second-order valence-corrected chi connectivity index (χ2v) is 4.52. The molecule has 0 radical (unpaired) electrons. The van der Waals surface area contributed by atoms with Crippen LogP contribution in [-0.4, -0.2) is 31.2 Å². The lowest BCUT2D eigenvalue weighted by atomic mass is 10.1. The number of nitro benzene ring substituents is 1. The molecule has 1 aromatic carbocycles. The van der Waals surface area contributed by atoms with Crippen LogP contribution in [-0.2, 0) is 0 Å². The van der Waals surface area contributed by atoms with Crippen molar-refractivity contribution in [1.82, 2.24) is 5.32 Å². The molecule has 1 aliphatic rings. The summed E-state index contributed by atoms with van der Waals surface area (Å²) in [5, 5.41) is 14.4. The van der Waals surface area contributed by atoms with Gasteiger partial charge < -0.3 is 14.8 Å². The van der Waals surface area contributed by atoms with Crippen molar-refractivity contribution in [3.63, 3.8) is 0 Å². The summed E-state index contributed by atoms with van der Waals surface area (Å²) in [4.78, 5) is 10.6. The number of methoxy groups -OCH3 is 1. The third kappa shape index (κ3) is 3.35. The number of nitrogens with one attached hydrogen (secondary N) is 1. The fraction of sp³-hybridized carbons (Fsp3) is 0.538. The summed E-state index contributed by atoms with van der Waals surface area (Å²) in [5.41, 5.74) is -0.110. The number of rotatable bonds is 5. The highest BCUT2D eigenvalue weighted by atomic mass is 16.6. The van der Waals surface area contributed by atoms with Crippen molar-refractivity contribution in [2.24, 2.45) is 0 Å². The molecule has 0 aliphatic carbocycles. The highest BCUT2D eigenvalue weighted by molar-refractivity contribution is 5.57. The van der Waals surface area contributed by atoms with E-state index >= 15 is 0 Å². The minimum atomic E-state index is -0.470. The Morgan fingerprint density at radius 3 is 2.84 bits per heavy atom. The van der Waals surface area contributed by atoms with E-state index in [1.165, 1.54) is 20.0 Å². The van der Waals surface area contributed by atoms with Crippen LogP contribution in [0.3, 0.4) is 0 Å². The number of para-hydroxylation sites is 1. The van der Waals surface area contributed by atoms with Crippen LogP contribution < -0.4 is 14.8 Å². The van der Waals surface area contributed by atoms with E-state index in [-0.39, 0.29) is 23.2 Å². The Labute approximate surface area is 111 Å². The van der Waals surface area contributed by atoms with Crippen LogP contribution in [0.25, 0.3) is 0 Å². The average Bonchev–Trinajstić information content (AvgIpc) is 2.45. The number of benzene rings is 1. The lowest BCUT2D eigenvalue weighted by Gasteiger charge is -2.23. The maximum Gasteiger partial charge on any atom is 0.352 e. The van der Waals surface area contributed by atoms with Crippen LogP contribution in [0.15, 0.2) is 18.2 Å². The van der Waals surface area contributed by atoms with Crippen molar-refractivity contribution < 1.29 is 14.4 Å². The fourth-order valence-electron chi connectivity index (χ4n) is 2.22. The summed E-state index contributed by atoms with van der Waals surface area (Å²) < 4.78 is 10.6. The smallest absolute Gasteiger partial charge is 0.352 e. The third-order valence-corrected chi connectivity index (χ3v) is 3.22. The highest BCUT2D eigenvalue weighted by Gasteiger charge is 2.23. The normalized spacial score (nSPS) is 18.9. The van der Waals surface area contributed by atoms with Crippen molar-refractivity contribution in [3.8, 4) is 11.5 Å². The van der Waals surface area contributed by atoms with Gasteiger partial charge in [0.2, 0.25) is 11.5 Å². The Morgan fingerprint density at radius 1 is 1.42 bits per heavy atom. The second-order valence-electron chi connectivity index (χ2n) is 4.52. The summed E-state index contributed by atoms with van der Waals surface area (Å²) >= 11 is 0. The molecule has 1 N–H and O–H groups in total. The van der Waals surface area contributed by atoms with Crippen molar-refractivity contribution in [1.29, 1.82) is 0 Å². The maximum atomic E-state index is 11.1. The molecule has 0 aromatic heterocycles. The van der Waals surface area contributed by atoms with Crippen LogP contribution >= 0.6 is 0 Å². The Bertz CT molecular complexity index is 444. The predicted molar refractivity (Wildman–Crippen MR) is 70.8 cm³/mol. The van der Waals surface area contributed by atoms with E-state index in [0.29, 0.717) is 6.61 Å². The van der Waals surface area contributed by atoms with Gasteiger partial charge in [0, 0.05) is 6.04 Å². The molecular formula is C13H18N2O4. The van der Waals surface area contributed by atoms with Gasteiger partial charge in [-0.3, -0.25) is 10.1 Å². The fourth-order valence-corrected chi connectivity index (χ4v) is 2.22. The van der Waals surface area contributed by atoms with Gasteiger partial charge in [-0.1, -0.05) is 12.5 Å². The quantitative estimate of drug-likeness (QED) is 0.652.